The van der Waals surface area contributed by atoms with Gasteiger partial charge in [0.1, 0.15) is 0 Å². The molecule has 1 amide bonds. The lowest BCUT2D eigenvalue weighted by Gasteiger charge is -2.36. The fourth-order valence-corrected chi connectivity index (χ4v) is 1.87. The molecule has 0 bridgehead atoms. The zero-order valence-electron chi connectivity index (χ0n) is 8.78. The summed E-state index contributed by atoms with van der Waals surface area (Å²) in [6.07, 6.45) is 3.68. The SMILES string of the molecule is CC[C@H](N)C(=O)N1CCCCC1CO. The molecule has 14 heavy (non-hydrogen) atoms. The molecule has 4 nitrogen and oxygen atoms in total. The molecule has 0 saturated carbocycles. The van der Waals surface area contributed by atoms with Gasteiger partial charge in [-0.2, -0.15) is 0 Å². The molecule has 1 saturated heterocycles. The standard InChI is InChI=1S/C10H20N2O2/c1-2-9(11)10(14)12-6-4-3-5-8(12)7-13/h8-9,13H,2-7,11H2,1H3/t8?,9-/m0/s1. The topological polar surface area (TPSA) is 66.6 Å². The number of amides is 1. The van der Waals surface area contributed by atoms with E-state index in [1.807, 2.05) is 6.92 Å². The molecule has 1 unspecified atom stereocenters. The van der Waals surface area contributed by atoms with Gasteiger partial charge in [-0.3, -0.25) is 4.79 Å². The maximum absolute atomic E-state index is 11.8. The molecule has 0 aliphatic carbocycles. The molecule has 0 radical (unpaired) electrons. The van der Waals surface area contributed by atoms with E-state index in [0.717, 1.165) is 25.8 Å². The fraction of sp³-hybridized carbons (Fsp3) is 0.900. The number of likely N-dealkylation sites (tertiary alicyclic amines) is 1. The van der Waals surface area contributed by atoms with E-state index in [4.69, 9.17) is 10.8 Å². The number of aliphatic hydroxyl groups is 1. The van der Waals surface area contributed by atoms with Crippen LogP contribution in [0.15, 0.2) is 0 Å². The van der Waals surface area contributed by atoms with Gasteiger partial charge in [0.15, 0.2) is 0 Å². The van der Waals surface area contributed by atoms with Crippen molar-refractivity contribution in [3.05, 3.63) is 0 Å². The molecule has 1 fully saturated rings. The van der Waals surface area contributed by atoms with Crippen molar-refractivity contribution in [1.82, 2.24) is 4.90 Å². The first-order valence-corrected chi connectivity index (χ1v) is 5.37. The monoisotopic (exact) mass is 200 g/mol. The van der Waals surface area contributed by atoms with Crippen molar-refractivity contribution in [3.8, 4) is 0 Å². The Bertz CT molecular complexity index is 197. The first-order chi connectivity index (χ1) is 6.70. The summed E-state index contributed by atoms with van der Waals surface area (Å²) < 4.78 is 0. The Morgan fingerprint density at radius 3 is 2.93 bits per heavy atom. The van der Waals surface area contributed by atoms with Crippen molar-refractivity contribution in [2.24, 2.45) is 5.73 Å². The molecular weight excluding hydrogens is 180 g/mol. The van der Waals surface area contributed by atoms with E-state index in [9.17, 15) is 4.79 Å². The Labute approximate surface area is 85.1 Å². The summed E-state index contributed by atoms with van der Waals surface area (Å²) in [7, 11) is 0. The normalized spacial score (nSPS) is 24.8. The highest BCUT2D eigenvalue weighted by molar-refractivity contribution is 5.82. The summed E-state index contributed by atoms with van der Waals surface area (Å²) in [5, 5.41) is 9.13. The number of nitrogens with two attached hydrogens (primary N) is 1. The first kappa shape index (κ1) is 11.5. The minimum Gasteiger partial charge on any atom is -0.394 e. The van der Waals surface area contributed by atoms with Gasteiger partial charge in [-0.05, 0) is 25.7 Å². The summed E-state index contributed by atoms with van der Waals surface area (Å²) in [4.78, 5) is 13.5. The molecule has 1 aliphatic rings. The van der Waals surface area contributed by atoms with Crippen LogP contribution in [0.2, 0.25) is 0 Å². The van der Waals surface area contributed by atoms with E-state index in [2.05, 4.69) is 0 Å². The Morgan fingerprint density at radius 1 is 1.64 bits per heavy atom. The number of nitrogens with zero attached hydrogens (tertiary/aromatic N) is 1. The van der Waals surface area contributed by atoms with Crippen molar-refractivity contribution in [2.75, 3.05) is 13.2 Å². The van der Waals surface area contributed by atoms with Crippen LogP contribution < -0.4 is 5.73 Å². The average Bonchev–Trinajstić information content (AvgIpc) is 2.26. The molecule has 0 aromatic heterocycles. The van der Waals surface area contributed by atoms with Crippen molar-refractivity contribution in [3.63, 3.8) is 0 Å². The second kappa shape index (κ2) is 5.32. The fourth-order valence-electron chi connectivity index (χ4n) is 1.87. The first-order valence-electron chi connectivity index (χ1n) is 5.37. The lowest BCUT2D eigenvalue weighted by Crippen LogP contribution is -2.51. The van der Waals surface area contributed by atoms with Crippen molar-refractivity contribution >= 4 is 5.91 Å². The molecular formula is C10H20N2O2. The molecule has 82 valence electrons. The third-order valence-corrected chi connectivity index (χ3v) is 2.88. The van der Waals surface area contributed by atoms with Crippen molar-refractivity contribution < 1.29 is 9.90 Å². The number of hydrogen-bond acceptors (Lipinski definition) is 3. The predicted octanol–water partition coefficient (Wildman–Crippen LogP) is 0.0971. The molecule has 1 heterocycles. The van der Waals surface area contributed by atoms with Crippen LogP contribution in [0.5, 0.6) is 0 Å². The van der Waals surface area contributed by atoms with E-state index >= 15 is 0 Å². The molecule has 4 heteroatoms. The van der Waals surface area contributed by atoms with Gasteiger partial charge in [-0.25, -0.2) is 0 Å². The highest BCUT2D eigenvalue weighted by Gasteiger charge is 2.28. The number of piperidine rings is 1. The summed E-state index contributed by atoms with van der Waals surface area (Å²) in [6, 6.07) is -0.406. The van der Waals surface area contributed by atoms with Gasteiger partial charge < -0.3 is 15.7 Å². The summed E-state index contributed by atoms with van der Waals surface area (Å²) in [5.74, 6) is -0.00810. The second-order valence-electron chi connectivity index (χ2n) is 3.88. The number of carbonyl (C=O) groups excluding carboxylic acids is 1. The quantitative estimate of drug-likeness (QED) is 0.679. The third kappa shape index (κ3) is 2.45. The Balaban J connectivity index is 2.58. The van der Waals surface area contributed by atoms with Crippen molar-refractivity contribution in [1.29, 1.82) is 0 Å². The zero-order chi connectivity index (χ0) is 10.6. The molecule has 1 rings (SSSR count). The zero-order valence-corrected chi connectivity index (χ0v) is 8.78. The average molecular weight is 200 g/mol. The van der Waals surface area contributed by atoms with Gasteiger partial charge in [0.2, 0.25) is 5.91 Å². The number of rotatable bonds is 3. The molecule has 1 aliphatic heterocycles. The summed E-state index contributed by atoms with van der Waals surface area (Å²) >= 11 is 0. The smallest absolute Gasteiger partial charge is 0.239 e. The molecule has 3 N–H and O–H groups in total. The minimum absolute atomic E-state index is 0.00569. The van der Waals surface area contributed by atoms with Gasteiger partial charge in [0, 0.05) is 6.54 Å². The predicted molar refractivity (Wildman–Crippen MR) is 54.7 cm³/mol. The van der Waals surface area contributed by atoms with Crippen molar-refractivity contribution in [2.45, 2.75) is 44.7 Å². The van der Waals surface area contributed by atoms with Gasteiger partial charge in [-0.15, -0.1) is 0 Å². The van der Waals surface area contributed by atoms with Gasteiger partial charge in [0.25, 0.3) is 0 Å². The van der Waals surface area contributed by atoms with Crippen LogP contribution in [-0.4, -0.2) is 41.1 Å². The summed E-state index contributed by atoms with van der Waals surface area (Å²) in [5.41, 5.74) is 5.69. The second-order valence-corrected chi connectivity index (χ2v) is 3.88. The van der Waals surface area contributed by atoms with Crippen LogP contribution >= 0.6 is 0 Å². The molecule has 2 atom stereocenters. The van der Waals surface area contributed by atoms with Gasteiger partial charge in [-0.1, -0.05) is 6.92 Å². The van der Waals surface area contributed by atoms with Crippen LogP contribution in [0.4, 0.5) is 0 Å². The van der Waals surface area contributed by atoms with Crippen LogP contribution in [0.3, 0.4) is 0 Å². The molecule has 0 spiro atoms. The lowest BCUT2D eigenvalue weighted by molar-refractivity contribution is -0.137. The largest absolute Gasteiger partial charge is 0.394 e. The highest BCUT2D eigenvalue weighted by Crippen LogP contribution is 2.17. The van der Waals surface area contributed by atoms with E-state index in [1.54, 1.807) is 4.90 Å². The Kier molecular flexibility index (Phi) is 4.35. The molecule has 0 aromatic carbocycles. The highest BCUT2D eigenvalue weighted by atomic mass is 16.3. The van der Waals surface area contributed by atoms with Crippen LogP contribution in [0, 0.1) is 0 Å². The van der Waals surface area contributed by atoms with E-state index in [1.165, 1.54) is 0 Å². The van der Waals surface area contributed by atoms with Gasteiger partial charge in [0.05, 0.1) is 18.7 Å². The third-order valence-electron chi connectivity index (χ3n) is 2.88. The van der Waals surface area contributed by atoms with Crippen LogP contribution in [0.25, 0.3) is 0 Å². The number of hydrogen-bond donors (Lipinski definition) is 2. The van der Waals surface area contributed by atoms with E-state index < -0.39 is 6.04 Å². The van der Waals surface area contributed by atoms with Crippen LogP contribution in [0.1, 0.15) is 32.6 Å². The Hall–Kier alpha value is -0.610. The lowest BCUT2D eigenvalue weighted by atomic mass is 10.0. The molecule has 0 aromatic rings. The van der Waals surface area contributed by atoms with Crippen LogP contribution in [-0.2, 0) is 4.79 Å². The number of carbonyl (C=O) groups is 1. The maximum Gasteiger partial charge on any atom is 0.239 e. The minimum atomic E-state index is -0.401. The summed E-state index contributed by atoms with van der Waals surface area (Å²) in [6.45, 7) is 2.71. The maximum atomic E-state index is 11.8. The van der Waals surface area contributed by atoms with Gasteiger partial charge >= 0.3 is 0 Å². The van der Waals surface area contributed by atoms with E-state index in [0.29, 0.717) is 6.42 Å². The van der Waals surface area contributed by atoms with E-state index in [-0.39, 0.29) is 18.6 Å². The Morgan fingerprint density at radius 2 is 2.36 bits per heavy atom. The number of aliphatic hydroxyl groups excluding tert-OH is 1.